The van der Waals surface area contributed by atoms with Crippen LogP contribution in [-0.2, 0) is 11.8 Å². The van der Waals surface area contributed by atoms with Crippen LogP contribution in [0.3, 0.4) is 0 Å². The molecule has 8 heteroatoms. The Labute approximate surface area is 103 Å². The summed E-state index contributed by atoms with van der Waals surface area (Å²) in [6.45, 7) is 3.76. The Bertz CT molecular complexity index is 440. The Morgan fingerprint density at radius 3 is 2.71 bits per heavy atom. The van der Waals surface area contributed by atoms with Crippen LogP contribution in [-0.4, -0.2) is 43.7 Å². The van der Waals surface area contributed by atoms with Crippen molar-refractivity contribution in [1.82, 2.24) is 20.1 Å². The van der Waals surface area contributed by atoms with E-state index in [0.29, 0.717) is 10.9 Å². The molecule has 0 aromatic carbocycles. The lowest BCUT2D eigenvalue weighted by Crippen LogP contribution is -2.42. The van der Waals surface area contributed by atoms with Gasteiger partial charge in [-0.2, -0.15) is 0 Å². The second kappa shape index (κ2) is 5.87. The summed E-state index contributed by atoms with van der Waals surface area (Å²) in [7, 11) is 1.58. The maximum Gasteiger partial charge on any atom is 0.343 e. The number of aromatic nitrogens is 3. The molecule has 96 valence electrons. The van der Waals surface area contributed by atoms with Gasteiger partial charge in [-0.3, -0.25) is 9.36 Å². The molecule has 0 bridgehead atoms. The summed E-state index contributed by atoms with van der Waals surface area (Å²) >= 11 is 1.22. The van der Waals surface area contributed by atoms with Gasteiger partial charge in [0.1, 0.15) is 6.04 Å². The highest BCUT2D eigenvalue weighted by molar-refractivity contribution is 7.99. The molecule has 3 N–H and O–H groups in total. The number of carboxylic acid groups (broad SMARTS) is 1. The molecule has 0 aliphatic rings. The van der Waals surface area contributed by atoms with Crippen LogP contribution in [0.5, 0.6) is 0 Å². The Morgan fingerprint density at radius 2 is 2.29 bits per heavy atom. The van der Waals surface area contributed by atoms with Crippen LogP contribution in [0.15, 0.2) is 9.95 Å². The highest BCUT2D eigenvalue weighted by Gasteiger charge is 2.19. The number of hydrogen-bond donors (Lipinski definition) is 3. The molecule has 1 unspecified atom stereocenters. The van der Waals surface area contributed by atoms with E-state index in [-0.39, 0.29) is 11.7 Å². The maximum atomic E-state index is 11.1. The number of nitrogens with one attached hydrogen (secondary N) is 2. The van der Waals surface area contributed by atoms with Gasteiger partial charge in [-0.05, 0) is 0 Å². The summed E-state index contributed by atoms with van der Waals surface area (Å²) in [5.74, 6) is -0.599. The minimum Gasteiger partial charge on any atom is -0.480 e. The second-order valence-electron chi connectivity index (χ2n) is 3.89. The third-order valence-corrected chi connectivity index (χ3v) is 3.17. The first-order valence-electron chi connectivity index (χ1n) is 5.15. The molecule has 17 heavy (non-hydrogen) atoms. The van der Waals surface area contributed by atoms with Crippen LogP contribution in [0.2, 0.25) is 0 Å². The molecule has 0 amide bonds. The first-order valence-corrected chi connectivity index (χ1v) is 6.13. The van der Waals surface area contributed by atoms with Crippen LogP contribution in [0, 0.1) is 0 Å². The van der Waals surface area contributed by atoms with E-state index in [9.17, 15) is 9.59 Å². The summed E-state index contributed by atoms with van der Waals surface area (Å²) in [5.41, 5.74) is -0.309. The smallest absolute Gasteiger partial charge is 0.343 e. The zero-order valence-corrected chi connectivity index (χ0v) is 10.7. The van der Waals surface area contributed by atoms with E-state index in [2.05, 4.69) is 15.5 Å². The number of H-pyrrole nitrogens is 1. The van der Waals surface area contributed by atoms with Gasteiger partial charge in [-0.15, -0.1) is 5.10 Å². The van der Waals surface area contributed by atoms with E-state index in [0.717, 1.165) is 0 Å². The number of hydrogen-bond acceptors (Lipinski definition) is 5. The number of aliphatic carboxylic acids is 1. The van der Waals surface area contributed by atoms with Gasteiger partial charge in [0.2, 0.25) is 0 Å². The number of carboxylic acids is 1. The largest absolute Gasteiger partial charge is 0.480 e. The number of rotatable bonds is 6. The van der Waals surface area contributed by atoms with Crippen molar-refractivity contribution >= 4 is 17.7 Å². The Hall–Kier alpha value is -1.28. The van der Waals surface area contributed by atoms with E-state index in [1.54, 1.807) is 7.05 Å². The first kappa shape index (κ1) is 13.8. The normalized spacial score (nSPS) is 12.9. The van der Waals surface area contributed by atoms with Gasteiger partial charge in [0, 0.05) is 18.8 Å². The molecule has 0 spiro atoms. The molecule has 0 saturated heterocycles. The number of carbonyl (C=O) groups is 1. The molecule has 0 aliphatic heterocycles. The summed E-state index contributed by atoms with van der Waals surface area (Å²) in [6.07, 6.45) is 0. The molecule has 1 atom stereocenters. The number of thioether (sulfide) groups is 1. The lowest BCUT2D eigenvalue weighted by molar-refractivity contribution is -0.139. The molecule has 1 aromatic heterocycles. The van der Waals surface area contributed by atoms with Crippen molar-refractivity contribution < 1.29 is 9.90 Å². The van der Waals surface area contributed by atoms with Crippen molar-refractivity contribution in [2.45, 2.75) is 31.1 Å². The molecular weight excluding hydrogens is 244 g/mol. The van der Waals surface area contributed by atoms with Crippen molar-refractivity contribution in [2.75, 3.05) is 5.75 Å². The number of nitrogens with zero attached hydrogens (tertiary/aromatic N) is 2. The van der Waals surface area contributed by atoms with E-state index < -0.39 is 12.0 Å². The average Bonchev–Trinajstić information content (AvgIpc) is 2.54. The van der Waals surface area contributed by atoms with Gasteiger partial charge in [0.15, 0.2) is 5.16 Å². The van der Waals surface area contributed by atoms with Crippen molar-refractivity contribution in [3.63, 3.8) is 0 Å². The molecular formula is C9H16N4O3S. The van der Waals surface area contributed by atoms with Crippen LogP contribution >= 0.6 is 11.8 Å². The lowest BCUT2D eigenvalue weighted by atomic mass is 10.3. The predicted octanol–water partition coefficient (Wildman–Crippen LogP) is -0.348. The predicted molar refractivity (Wildman–Crippen MR) is 64.2 cm³/mol. The maximum absolute atomic E-state index is 11.1. The van der Waals surface area contributed by atoms with E-state index in [1.165, 1.54) is 16.3 Å². The van der Waals surface area contributed by atoms with E-state index in [4.69, 9.17) is 5.11 Å². The fourth-order valence-electron chi connectivity index (χ4n) is 1.21. The number of aromatic amines is 1. The molecule has 0 saturated carbocycles. The second-order valence-corrected chi connectivity index (χ2v) is 4.88. The SMILES string of the molecule is CC(C)NC(CSc1n[nH]c(=O)n1C)C(=O)O. The first-order chi connectivity index (χ1) is 7.91. The molecule has 1 rings (SSSR count). The van der Waals surface area contributed by atoms with Crippen molar-refractivity contribution in [3.8, 4) is 0 Å². The third kappa shape index (κ3) is 3.90. The molecule has 1 heterocycles. The highest BCUT2D eigenvalue weighted by Crippen LogP contribution is 2.13. The topological polar surface area (TPSA) is 100 Å². The fourth-order valence-corrected chi connectivity index (χ4v) is 2.15. The molecule has 1 aromatic rings. The molecule has 7 nitrogen and oxygen atoms in total. The zero-order chi connectivity index (χ0) is 13.0. The van der Waals surface area contributed by atoms with E-state index in [1.807, 2.05) is 13.8 Å². The highest BCUT2D eigenvalue weighted by atomic mass is 32.2. The minimum atomic E-state index is -0.910. The van der Waals surface area contributed by atoms with Crippen LogP contribution in [0.25, 0.3) is 0 Å². The zero-order valence-electron chi connectivity index (χ0n) is 9.93. The Balaban J connectivity index is 2.61. The summed E-state index contributed by atoms with van der Waals surface area (Å²) in [5, 5.41) is 18.5. The van der Waals surface area contributed by atoms with Crippen LogP contribution < -0.4 is 11.0 Å². The van der Waals surface area contributed by atoms with Crippen molar-refractivity contribution in [3.05, 3.63) is 10.5 Å². The monoisotopic (exact) mass is 260 g/mol. The Kier molecular flexibility index (Phi) is 4.76. The van der Waals surface area contributed by atoms with Gasteiger partial charge in [0.25, 0.3) is 0 Å². The average molecular weight is 260 g/mol. The summed E-state index contributed by atoms with van der Waals surface area (Å²) in [6, 6.07) is -0.577. The fraction of sp³-hybridized carbons (Fsp3) is 0.667. The quantitative estimate of drug-likeness (QED) is 0.605. The van der Waals surface area contributed by atoms with Gasteiger partial charge in [0.05, 0.1) is 0 Å². The van der Waals surface area contributed by atoms with Crippen LogP contribution in [0.1, 0.15) is 13.8 Å². The van der Waals surface area contributed by atoms with Gasteiger partial charge in [-0.1, -0.05) is 25.6 Å². The summed E-state index contributed by atoms with van der Waals surface area (Å²) in [4.78, 5) is 22.1. The van der Waals surface area contributed by atoms with E-state index >= 15 is 0 Å². The molecule has 0 fully saturated rings. The van der Waals surface area contributed by atoms with Crippen molar-refractivity contribution in [2.24, 2.45) is 7.05 Å². The van der Waals surface area contributed by atoms with Gasteiger partial charge >= 0.3 is 11.7 Å². The Morgan fingerprint density at radius 1 is 1.65 bits per heavy atom. The minimum absolute atomic E-state index is 0.0831. The lowest BCUT2D eigenvalue weighted by Gasteiger charge is -2.16. The molecule has 0 aliphatic carbocycles. The van der Waals surface area contributed by atoms with Gasteiger partial charge < -0.3 is 10.4 Å². The third-order valence-electron chi connectivity index (χ3n) is 2.05. The summed E-state index contributed by atoms with van der Waals surface area (Å²) < 4.78 is 1.35. The van der Waals surface area contributed by atoms with Crippen LogP contribution in [0.4, 0.5) is 0 Å². The molecule has 0 radical (unpaired) electrons. The standard InChI is InChI=1S/C9H16N4O3S/c1-5(2)10-6(7(14)15)4-17-9-12-11-8(16)13(9)3/h5-6,10H,4H2,1-3H3,(H,11,16)(H,14,15). The van der Waals surface area contributed by atoms with Crippen molar-refractivity contribution in [1.29, 1.82) is 0 Å². The van der Waals surface area contributed by atoms with Gasteiger partial charge in [-0.25, -0.2) is 9.89 Å².